The Bertz CT molecular complexity index is 1660. The van der Waals surface area contributed by atoms with Crippen LogP contribution in [0.2, 0.25) is 5.02 Å². The van der Waals surface area contributed by atoms with E-state index in [4.69, 9.17) is 26.3 Å². The van der Waals surface area contributed by atoms with Crippen molar-refractivity contribution >= 4 is 34.3 Å². The number of amides is 2. The van der Waals surface area contributed by atoms with Crippen molar-refractivity contribution in [3.63, 3.8) is 0 Å². The van der Waals surface area contributed by atoms with Crippen LogP contribution in [0.1, 0.15) is 36.8 Å². The van der Waals surface area contributed by atoms with Gasteiger partial charge in [0.2, 0.25) is 17.7 Å². The summed E-state index contributed by atoms with van der Waals surface area (Å²) < 4.78 is 5.62. The quantitative estimate of drug-likeness (QED) is 0.203. The molecular weight excluding hydrogens is 564 g/mol. The second kappa shape index (κ2) is 13.1. The Morgan fingerprint density at radius 1 is 0.837 bits per heavy atom. The predicted molar refractivity (Wildman–Crippen MR) is 168 cm³/mol. The van der Waals surface area contributed by atoms with E-state index in [1.54, 1.807) is 7.11 Å². The maximum atomic E-state index is 11.5. The number of nitrogens with zero attached hydrogens (tertiary/aromatic N) is 2. The Kier molecular flexibility index (Phi) is 8.83. The summed E-state index contributed by atoms with van der Waals surface area (Å²) in [5.41, 5.74) is 6.11. The van der Waals surface area contributed by atoms with Gasteiger partial charge in [0.15, 0.2) is 0 Å². The second-order valence-electron chi connectivity index (χ2n) is 11.1. The van der Waals surface area contributed by atoms with E-state index in [1.165, 1.54) is 0 Å². The van der Waals surface area contributed by atoms with Gasteiger partial charge in [0.1, 0.15) is 0 Å². The number of methoxy groups -OCH3 is 1. The highest BCUT2D eigenvalue weighted by Crippen LogP contribution is 2.36. The van der Waals surface area contributed by atoms with Crippen molar-refractivity contribution in [1.82, 2.24) is 31.2 Å². The number of fused-ring (bicyclic) bond motifs is 1. The van der Waals surface area contributed by atoms with Crippen molar-refractivity contribution in [3.8, 4) is 28.4 Å². The minimum absolute atomic E-state index is 0.111. The lowest BCUT2D eigenvalue weighted by molar-refractivity contribution is -0.120. The van der Waals surface area contributed by atoms with Gasteiger partial charge in [0.05, 0.1) is 29.0 Å². The molecule has 0 unspecified atom stereocenters. The van der Waals surface area contributed by atoms with Crippen molar-refractivity contribution in [1.29, 1.82) is 0 Å². The molecule has 10 heteroatoms. The van der Waals surface area contributed by atoms with Gasteiger partial charge in [-0.25, -0.2) is 9.97 Å². The SMILES string of the molecule is COc1nc(-c2cccc(-c3ccc4cc(CNC[C@@H]5CCC(=O)N5)ccc4n3)c2Cl)ccc1CNC[C@@H]1CCC(=O)N1. The van der Waals surface area contributed by atoms with E-state index in [0.717, 1.165) is 64.8 Å². The maximum Gasteiger partial charge on any atom is 0.220 e. The monoisotopic (exact) mass is 598 g/mol. The fourth-order valence-corrected chi connectivity index (χ4v) is 6.05. The molecule has 2 amide bonds. The molecule has 43 heavy (non-hydrogen) atoms. The lowest BCUT2D eigenvalue weighted by Gasteiger charge is -2.15. The molecule has 2 aromatic carbocycles. The van der Waals surface area contributed by atoms with Gasteiger partial charge in [-0.15, -0.1) is 0 Å². The van der Waals surface area contributed by atoms with Gasteiger partial charge in [-0.05, 0) is 42.7 Å². The van der Waals surface area contributed by atoms with Crippen molar-refractivity contribution in [2.24, 2.45) is 0 Å². The first-order valence-electron chi connectivity index (χ1n) is 14.7. The Balaban J connectivity index is 1.15. The Morgan fingerprint density at radius 3 is 2.14 bits per heavy atom. The summed E-state index contributed by atoms with van der Waals surface area (Å²) in [5.74, 6) is 0.777. The maximum absolute atomic E-state index is 11.5. The minimum atomic E-state index is 0.111. The smallest absolute Gasteiger partial charge is 0.220 e. The van der Waals surface area contributed by atoms with Crippen LogP contribution in [0.5, 0.6) is 5.88 Å². The van der Waals surface area contributed by atoms with Crippen LogP contribution in [0.4, 0.5) is 0 Å². The molecule has 0 saturated carbocycles. The number of hydrogen-bond donors (Lipinski definition) is 4. The Morgan fingerprint density at radius 2 is 1.49 bits per heavy atom. The third-order valence-corrected chi connectivity index (χ3v) is 8.44. The van der Waals surface area contributed by atoms with E-state index >= 15 is 0 Å². The number of nitrogens with one attached hydrogen (secondary N) is 4. The number of carbonyl (C=O) groups excluding carboxylic acids is 2. The van der Waals surface area contributed by atoms with Gasteiger partial charge in [-0.2, -0.15) is 0 Å². The number of pyridine rings is 2. The first-order valence-corrected chi connectivity index (χ1v) is 15.1. The lowest BCUT2D eigenvalue weighted by atomic mass is 10.0. The van der Waals surface area contributed by atoms with Gasteiger partial charge in [0.25, 0.3) is 0 Å². The molecule has 0 aliphatic carbocycles. The minimum Gasteiger partial charge on any atom is -0.481 e. The number of carbonyl (C=O) groups is 2. The van der Waals surface area contributed by atoms with Crippen LogP contribution in [-0.2, 0) is 22.7 Å². The number of benzene rings is 2. The van der Waals surface area contributed by atoms with Gasteiger partial charge in [-0.1, -0.05) is 48.0 Å². The van der Waals surface area contributed by atoms with Crippen LogP contribution in [0.25, 0.3) is 33.4 Å². The van der Waals surface area contributed by atoms with Crippen LogP contribution in [-0.4, -0.2) is 54.1 Å². The summed E-state index contributed by atoms with van der Waals surface area (Å²) in [6.45, 7) is 2.76. The van der Waals surface area contributed by atoms with Crippen molar-refractivity contribution in [3.05, 3.63) is 76.8 Å². The van der Waals surface area contributed by atoms with E-state index in [2.05, 4.69) is 39.5 Å². The van der Waals surface area contributed by atoms with Crippen molar-refractivity contribution < 1.29 is 14.3 Å². The van der Waals surface area contributed by atoms with Crippen LogP contribution in [0.15, 0.2) is 60.7 Å². The summed E-state index contributed by atoms with van der Waals surface area (Å²) in [4.78, 5) is 32.6. The zero-order valence-electron chi connectivity index (χ0n) is 24.1. The first kappa shape index (κ1) is 29.0. The predicted octanol–water partition coefficient (Wildman–Crippen LogP) is 4.36. The number of ether oxygens (including phenoxy) is 1. The molecule has 4 N–H and O–H groups in total. The van der Waals surface area contributed by atoms with Crippen molar-refractivity contribution in [2.45, 2.75) is 50.9 Å². The number of hydrogen-bond acceptors (Lipinski definition) is 7. The molecule has 6 rings (SSSR count). The van der Waals surface area contributed by atoms with Crippen LogP contribution < -0.4 is 26.0 Å². The fraction of sp³-hybridized carbons (Fsp3) is 0.333. The highest BCUT2D eigenvalue weighted by molar-refractivity contribution is 6.36. The van der Waals surface area contributed by atoms with Crippen LogP contribution in [0.3, 0.4) is 0 Å². The molecular formula is C33H35ClN6O3. The molecule has 222 valence electrons. The number of halogens is 1. The first-order chi connectivity index (χ1) is 21.0. The van der Waals surface area contributed by atoms with Gasteiger partial charge in [0, 0.05) is 73.2 Å². The summed E-state index contributed by atoms with van der Waals surface area (Å²) in [5, 5.41) is 14.4. The lowest BCUT2D eigenvalue weighted by Crippen LogP contribution is -2.35. The van der Waals surface area contributed by atoms with Crippen LogP contribution >= 0.6 is 11.6 Å². The highest BCUT2D eigenvalue weighted by Gasteiger charge is 2.21. The van der Waals surface area contributed by atoms with Gasteiger partial charge >= 0.3 is 0 Å². The van der Waals surface area contributed by atoms with Crippen molar-refractivity contribution in [2.75, 3.05) is 20.2 Å². The molecule has 2 aliphatic rings. The van der Waals surface area contributed by atoms with Crippen LogP contribution in [0, 0.1) is 0 Å². The second-order valence-corrected chi connectivity index (χ2v) is 11.5. The topological polar surface area (TPSA) is 117 Å². The zero-order valence-corrected chi connectivity index (χ0v) is 24.8. The number of rotatable bonds is 11. The van der Waals surface area contributed by atoms with E-state index in [-0.39, 0.29) is 23.9 Å². The molecule has 2 aromatic heterocycles. The summed E-state index contributed by atoms with van der Waals surface area (Å²) >= 11 is 6.98. The van der Waals surface area contributed by atoms with Gasteiger partial charge < -0.3 is 26.0 Å². The molecule has 9 nitrogen and oxygen atoms in total. The molecule has 2 aliphatic heterocycles. The highest BCUT2D eigenvalue weighted by atomic mass is 35.5. The average Bonchev–Trinajstić information content (AvgIpc) is 3.64. The van der Waals surface area contributed by atoms with E-state index in [0.29, 0.717) is 42.5 Å². The summed E-state index contributed by atoms with van der Waals surface area (Å²) in [7, 11) is 1.61. The van der Waals surface area contributed by atoms with E-state index in [1.807, 2.05) is 42.5 Å². The zero-order chi connectivity index (χ0) is 29.8. The molecule has 0 spiro atoms. The van der Waals surface area contributed by atoms with E-state index < -0.39 is 0 Å². The molecule has 4 heterocycles. The standard InChI is InChI=1S/C33H35ClN6O3/c1-43-33-22(17-36-19-24-9-14-31(42)38-24)7-12-29(40-33)26-4-2-3-25(32(26)34)28-11-6-21-15-20(5-10-27(21)39-28)16-35-18-23-8-13-30(41)37-23/h2-7,10-12,15,23-24,35-36H,8-9,13-14,16-19H2,1H3,(H,37,41)(H,38,42)/t23-,24-/m0/s1. The van der Waals surface area contributed by atoms with Gasteiger partial charge in [-0.3, -0.25) is 9.59 Å². The number of aromatic nitrogens is 2. The molecule has 0 bridgehead atoms. The Hall–Kier alpha value is -4.05. The molecule has 2 atom stereocenters. The Labute approximate surface area is 255 Å². The molecule has 0 radical (unpaired) electrons. The fourth-order valence-electron chi connectivity index (χ4n) is 5.73. The summed E-state index contributed by atoms with van der Waals surface area (Å²) in [6.07, 6.45) is 2.93. The van der Waals surface area contributed by atoms with E-state index in [9.17, 15) is 9.59 Å². The third-order valence-electron chi connectivity index (χ3n) is 8.03. The molecule has 4 aromatic rings. The summed E-state index contributed by atoms with van der Waals surface area (Å²) in [6, 6.07) is 20.5. The normalized spacial score (nSPS) is 18.2. The molecule has 2 saturated heterocycles. The average molecular weight is 599 g/mol. The largest absolute Gasteiger partial charge is 0.481 e. The molecule has 2 fully saturated rings. The third kappa shape index (κ3) is 6.80.